The smallest absolute Gasteiger partial charge is 0.247 e. The number of hydrogen-bond acceptors (Lipinski definition) is 4. The molecule has 0 amide bonds. The molecule has 0 bridgehead atoms. The Labute approximate surface area is 343 Å². The highest BCUT2D eigenvalue weighted by Gasteiger charge is 2.38. The van der Waals surface area contributed by atoms with Crippen molar-refractivity contribution in [3.8, 4) is 45.2 Å². The van der Waals surface area contributed by atoms with Crippen LogP contribution in [0.4, 0.5) is 0 Å². The van der Waals surface area contributed by atoms with E-state index in [-0.39, 0.29) is 17.9 Å². The summed E-state index contributed by atoms with van der Waals surface area (Å²) < 4.78 is 2.33. The van der Waals surface area contributed by atoms with Crippen LogP contribution in [0.25, 0.3) is 61.4 Å². The number of rotatable bonds is 6. The van der Waals surface area contributed by atoms with Crippen molar-refractivity contribution in [2.24, 2.45) is 0 Å². The molecule has 9 rings (SSSR count). The first-order chi connectivity index (χ1) is 27.7. The van der Waals surface area contributed by atoms with E-state index < -0.39 is 0 Å². The predicted molar refractivity (Wildman–Crippen MR) is 244 cm³/mol. The van der Waals surface area contributed by atoms with Crippen molar-refractivity contribution in [2.75, 3.05) is 0 Å². The monoisotopic (exact) mass is 758 g/mol. The molecule has 0 saturated heterocycles. The Morgan fingerprint density at radius 2 is 1.36 bits per heavy atom. The van der Waals surface area contributed by atoms with Gasteiger partial charge in [0.2, 0.25) is 6.71 Å². The Hall–Kier alpha value is -6.01. The number of hydrogen-bond donors (Lipinski definition) is 1. The van der Waals surface area contributed by atoms with Gasteiger partial charge in [-0.15, -0.1) is 0 Å². The van der Waals surface area contributed by atoms with E-state index in [4.69, 9.17) is 9.97 Å². The summed E-state index contributed by atoms with van der Waals surface area (Å²) in [5, 5.41) is 12.8. The first-order valence-corrected chi connectivity index (χ1v) is 20.7. The summed E-state index contributed by atoms with van der Waals surface area (Å²) in [6, 6.07) is 37.7. The van der Waals surface area contributed by atoms with Gasteiger partial charge in [-0.3, -0.25) is 4.57 Å². The molecule has 0 radical (unpaired) electrons. The van der Waals surface area contributed by atoms with E-state index in [1.165, 1.54) is 33.1 Å². The molecule has 58 heavy (non-hydrogen) atoms. The molecule has 6 aromatic carbocycles. The molecule has 0 spiro atoms. The highest BCUT2D eigenvalue weighted by atomic mass is 16.3. The fraction of sp³-hybridized carbons (Fsp3) is 0.250. The van der Waals surface area contributed by atoms with Crippen LogP contribution in [0.2, 0.25) is 0 Å². The maximum absolute atomic E-state index is 11.8. The van der Waals surface area contributed by atoms with Crippen LogP contribution in [-0.2, 0) is 5.41 Å². The molecule has 0 fully saturated rings. The van der Waals surface area contributed by atoms with Gasteiger partial charge in [-0.2, -0.15) is 0 Å². The second-order valence-electron chi connectivity index (χ2n) is 18.0. The second kappa shape index (κ2) is 13.8. The van der Waals surface area contributed by atoms with Crippen molar-refractivity contribution < 1.29 is 5.11 Å². The van der Waals surface area contributed by atoms with Crippen molar-refractivity contribution in [1.82, 2.24) is 19.5 Å². The number of nitrogens with zero attached hydrogens (tertiary/aromatic N) is 4. The van der Waals surface area contributed by atoms with E-state index in [0.29, 0.717) is 11.8 Å². The van der Waals surface area contributed by atoms with Crippen LogP contribution in [0, 0.1) is 20.8 Å². The fourth-order valence-electron chi connectivity index (χ4n) is 9.39. The quantitative estimate of drug-likeness (QED) is 0.172. The van der Waals surface area contributed by atoms with E-state index in [0.717, 1.165) is 78.1 Å². The zero-order valence-corrected chi connectivity index (χ0v) is 35.4. The van der Waals surface area contributed by atoms with E-state index in [2.05, 4.69) is 169 Å². The van der Waals surface area contributed by atoms with E-state index in [1.54, 1.807) is 6.33 Å². The van der Waals surface area contributed by atoms with Gasteiger partial charge in [0.05, 0.1) is 27.8 Å². The Balaban J connectivity index is 1.41. The van der Waals surface area contributed by atoms with Gasteiger partial charge in [0.15, 0.2) is 0 Å². The van der Waals surface area contributed by atoms with E-state index in [1.807, 2.05) is 13.0 Å². The van der Waals surface area contributed by atoms with Crippen LogP contribution in [0.15, 0.2) is 109 Å². The van der Waals surface area contributed by atoms with Crippen molar-refractivity contribution in [3.05, 3.63) is 143 Å². The standard InChI is InChI=1S/C52H51BN4O/c1-29(2)37-16-14-17-38(30(3)4)45(37)53-42-19-11-12-20-44(42)57-49-43(53)22-21-39(48(49)56-51(57)41-24-31(5)23-33(7)50(41)58)34-25-35(27-36(26-34)52(8,9)10)47-40-18-13-15-32(6)46(40)54-28-55-47/h11-30,58H,1-10H3. The predicted octanol–water partition coefficient (Wildman–Crippen LogP) is 11.0. The minimum Gasteiger partial charge on any atom is -0.507 e. The molecule has 8 aromatic rings. The molecule has 5 nitrogen and oxygen atoms in total. The number of phenols is 1. The van der Waals surface area contributed by atoms with Gasteiger partial charge in [0.25, 0.3) is 0 Å². The van der Waals surface area contributed by atoms with Gasteiger partial charge in [0, 0.05) is 22.2 Å². The normalized spacial score (nSPS) is 12.7. The maximum Gasteiger partial charge on any atom is 0.247 e. The van der Waals surface area contributed by atoms with Gasteiger partial charge >= 0.3 is 0 Å². The molecule has 1 N–H and O–H groups in total. The number of phenolic OH excluding ortho intramolecular Hbond substituents is 1. The molecule has 1 aliphatic heterocycles. The van der Waals surface area contributed by atoms with Crippen LogP contribution >= 0.6 is 0 Å². The third-order valence-corrected chi connectivity index (χ3v) is 12.3. The second-order valence-corrected chi connectivity index (χ2v) is 18.0. The van der Waals surface area contributed by atoms with Gasteiger partial charge < -0.3 is 5.11 Å². The molecule has 0 unspecified atom stereocenters. The van der Waals surface area contributed by atoms with Crippen LogP contribution < -0.4 is 16.4 Å². The number of aromatic nitrogens is 4. The van der Waals surface area contributed by atoms with Crippen molar-refractivity contribution in [2.45, 2.75) is 86.5 Å². The highest BCUT2D eigenvalue weighted by Crippen LogP contribution is 2.42. The largest absolute Gasteiger partial charge is 0.507 e. The van der Waals surface area contributed by atoms with Crippen molar-refractivity contribution in [1.29, 1.82) is 0 Å². The lowest BCUT2D eigenvalue weighted by Gasteiger charge is -2.31. The van der Waals surface area contributed by atoms with Gasteiger partial charge in [-0.25, -0.2) is 15.0 Å². The SMILES string of the molecule is Cc1cc(C)c(O)c(-c2nc3c(-c4cc(-c5ncnc6c(C)cccc56)cc(C(C)(C)C)c4)ccc4c3n2-c2ccccc2B4c2c(C(C)C)cccc2C(C)C)c1. The average Bonchev–Trinajstić information content (AvgIpc) is 3.60. The van der Waals surface area contributed by atoms with Crippen LogP contribution in [0.1, 0.15) is 93.7 Å². The Morgan fingerprint density at radius 1 is 0.655 bits per heavy atom. The summed E-state index contributed by atoms with van der Waals surface area (Å²) in [5.74, 6) is 1.68. The number of aryl methyl sites for hydroxylation is 3. The number of para-hydroxylation sites is 2. The van der Waals surface area contributed by atoms with Crippen LogP contribution in [-0.4, -0.2) is 31.3 Å². The Morgan fingerprint density at radius 3 is 2.09 bits per heavy atom. The maximum atomic E-state index is 11.8. The van der Waals surface area contributed by atoms with Crippen molar-refractivity contribution >= 4 is 45.0 Å². The number of imidazole rings is 1. The zero-order valence-electron chi connectivity index (χ0n) is 35.4. The minimum atomic E-state index is -0.138. The van der Waals surface area contributed by atoms with E-state index >= 15 is 0 Å². The molecule has 1 aliphatic rings. The summed E-state index contributed by atoms with van der Waals surface area (Å²) in [5.41, 5.74) is 19.6. The van der Waals surface area contributed by atoms with Crippen molar-refractivity contribution in [3.63, 3.8) is 0 Å². The Kier molecular flexibility index (Phi) is 8.96. The summed E-state index contributed by atoms with van der Waals surface area (Å²) in [7, 11) is 0. The molecule has 288 valence electrons. The summed E-state index contributed by atoms with van der Waals surface area (Å²) in [6.45, 7) is 22.2. The molecule has 3 heterocycles. The van der Waals surface area contributed by atoms with Gasteiger partial charge in [0.1, 0.15) is 17.9 Å². The summed E-state index contributed by atoms with van der Waals surface area (Å²) in [6.07, 6.45) is 1.69. The van der Waals surface area contributed by atoms with Crippen LogP contribution in [0.5, 0.6) is 5.75 Å². The summed E-state index contributed by atoms with van der Waals surface area (Å²) >= 11 is 0. The average molecular weight is 759 g/mol. The first kappa shape index (κ1) is 37.6. The topological polar surface area (TPSA) is 63.8 Å². The van der Waals surface area contributed by atoms with Gasteiger partial charge in [-0.1, -0.05) is 133 Å². The molecule has 6 heteroatoms. The third-order valence-electron chi connectivity index (χ3n) is 12.3. The van der Waals surface area contributed by atoms with Crippen LogP contribution in [0.3, 0.4) is 0 Å². The molecule has 2 aromatic heterocycles. The Bertz CT molecular complexity index is 2920. The fourth-order valence-corrected chi connectivity index (χ4v) is 9.39. The summed E-state index contributed by atoms with van der Waals surface area (Å²) in [4.78, 5) is 15.2. The molecule has 0 saturated carbocycles. The lowest BCUT2D eigenvalue weighted by molar-refractivity contribution is 0.472. The number of aromatic hydroxyl groups is 1. The molecular weight excluding hydrogens is 707 g/mol. The number of fused-ring (bicyclic) bond motifs is 3. The lowest BCUT2D eigenvalue weighted by Crippen LogP contribution is -2.58. The number of benzene rings is 6. The zero-order chi connectivity index (χ0) is 40.8. The minimum absolute atomic E-state index is 0.0132. The third kappa shape index (κ3) is 5.95. The first-order valence-electron chi connectivity index (χ1n) is 20.7. The molecule has 0 aliphatic carbocycles. The van der Waals surface area contributed by atoms with Gasteiger partial charge in [-0.05, 0) is 112 Å². The highest BCUT2D eigenvalue weighted by molar-refractivity contribution is 6.98. The molecular formula is C52H51BN4O. The molecule has 0 atom stereocenters. The van der Waals surface area contributed by atoms with E-state index in [9.17, 15) is 5.11 Å². The lowest BCUT2D eigenvalue weighted by atomic mass is 9.33.